The largest absolute Gasteiger partial charge is 0.496 e. The summed E-state index contributed by atoms with van der Waals surface area (Å²) in [6, 6.07) is 9.78. The van der Waals surface area contributed by atoms with Crippen LogP contribution in [-0.2, 0) is 0 Å². The van der Waals surface area contributed by atoms with Crippen molar-refractivity contribution in [2.45, 2.75) is 6.92 Å². The highest BCUT2D eigenvalue weighted by molar-refractivity contribution is 5.68. The molecule has 0 aliphatic carbocycles. The van der Waals surface area contributed by atoms with Crippen molar-refractivity contribution in [2.24, 2.45) is 0 Å². The van der Waals surface area contributed by atoms with Crippen LogP contribution in [0.3, 0.4) is 0 Å². The lowest BCUT2D eigenvalue weighted by molar-refractivity contribution is 0.416. The van der Waals surface area contributed by atoms with E-state index in [2.05, 4.69) is 15.5 Å². The Kier molecular flexibility index (Phi) is 3.23. The Hall–Kier alpha value is -2.10. The van der Waals surface area contributed by atoms with Crippen molar-refractivity contribution in [1.29, 1.82) is 0 Å². The molecule has 0 atom stereocenters. The molecule has 17 heavy (non-hydrogen) atoms. The predicted octanol–water partition coefficient (Wildman–Crippen LogP) is 2.50. The van der Waals surface area contributed by atoms with E-state index in [-0.39, 0.29) is 0 Å². The van der Waals surface area contributed by atoms with Crippen molar-refractivity contribution in [3.63, 3.8) is 0 Å². The first-order valence-corrected chi connectivity index (χ1v) is 5.41. The van der Waals surface area contributed by atoms with Crippen LogP contribution in [0.4, 0.5) is 5.82 Å². The number of hydrogen-bond donors (Lipinski definition) is 1. The Balaban J connectivity index is 2.49. The maximum absolute atomic E-state index is 5.31. The highest BCUT2D eigenvalue weighted by Crippen LogP contribution is 2.28. The molecule has 0 aliphatic rings. The molecule has 1 aromatic carbocycles. The molecule has 0 bridgehead atoms. The van der Waals surface area contributed by atoms with Gasteiger partial charge in [-0.25, -0.2) is 0 Å². The fourth-order valence-corrected chi connectivity index (χ4v) is 1.72. The summed E-state index contributed by atoms with van der Waals surface area (Å²) in [6.45, 7) is 2.00. The second-order valence-electron chi connectivity index (χ2n) is 3.71. The number of aromatic nitrogens is 2. The molecule has 1 aromatic heterocycles. The molecule has 0 spiro atoms. The summed E-state index contributed by atoms with van der Waals surface area (Å²) in [5.41, 5.74) is 2.83. The van der Waals surface area contributed by atoms with Gasteiger partial charge in [0.15, 0.2) is 5.82 Å². The van der Waals surface area contributed by atoms with Gasteiger partial charge in [0.05, 0.1) is 12.8 Å². The van der Waals surface area contributed by atoms with Crippen LogP contribution in [0.15, 0.2) is 30.3 Å². The number of benzene rings is 1. The number of anilines is 1. The average Bonchev–Trinajstić information content (AvgIpc) is 2.38. The Bertz CT molecular complexity index is 526. The van der Waals surface area contributed by atoms with E-state index in [0.29, 0.717) is 0 Å². The highest BCUT2D eigenvalue weighted by atomic mass is 16.5. The lowest BCUT2D eigenvalue weighted by Crippen LogP contribution is -1.99. The fraction of sp³-hybridized carbons (Fsp3) is 0.231. The first kappa shape index (κ1) is 11.4. The quantitative estimate of drug-likeness (QED) is 0.878. The Morgan fingerprint density at radius 2 is 1.94 bits per heavy atom. The van der Waals surface area contributed by atoms with Crippen molar-refractivity contribution in [3.05, 3.63) is 35.9 Å². The molecule has 2 aromatic rings. The third-order valence-corrected chi connectivity index (χ3v) is 2.60. The van der Waals surface area contributed by atoms with E-state index in [1.807, 2.05) is 44.3 Å². The fourth-order valence-electron chi connectivity index (χ4n) is 1.72. The van der Waals surface area contributed by atoms with Crippen LogP contribution in [0.25, 0.3) is 11.3 Å². The molecule has 0 aliphatic heterocycles. The van der Waals surface area contributed by atoms with Crippen LogP contribution in [0.5, 0.6) is 5.75 Å². The minimum Gasteiger partial charge on any atom is -0.496 e. The molecule has 88 valence electrons. The predicted molar refractivity (Wildman–Crippen MR) is 68.3 cm³/mol. The van der Waals surface area contributed by atoms with Crippen LogP contribution in [0.2, 0.25) is 0 Å². The average molecular weight is 229 g/mol. The van der Waals surface area contributed by atoms with Gasteiger partial charge in [0.1, 0.15) is 5.75 Å². The molecule has 4 nitrogen and oxygen atoms in total. The first-order valence-electron chi connectivity index (χ1n) is 5.41. The smallest absolute Gasteiger partial charge is 0.151 e. The van der Waals surface area contributed by atoms with Crippen LogP contribution >= 0.6 is 0 Å². The van der Waals surface area contributed by atoms with Gasteiger partial charge in [-0.1, -0.05) is 12.1 Å². The molecule has 2 rings (SSSR count). The number of para-hydroxylation sites is 1. The summed E-state index contributed by atoms with van der Waals surface area (Å²) < 4.78 is 5.31. The summed E-state index contributed by atoms with van der Waals surface area (Å²) in [6.07, 6.45) is 0. The summed E-state index contributed by atoms with van der Waals surface area (Å²) in [4.78, 5) is 0. The minimum absolute atomic E-state index is 0.795. The third-order valence-electron chi connectivity index (χ3n) is 2.60. The van der Waals surface area contributed by atoms with Gasteiger partial charge in [0.25, 0.3) is 0 Å². The van der Waals surface area contributed by atoms with E-state index in [9.17, 15) is 0 Å². The number of aryl methyl sites for hydroxylation is 1. The van der Waals surface area contributed by atoms with Gasteiger partial charge >= 0.3 is 0 Å². The third kappa shape index (κ3) is 2.20. The Labute approximate surface area is 101 Å². The lowest BCUT2D eigenvalue weighted by atomic mass is 10.1. The van der Waals surface area contributed by atoms with E-state index < -0.39 is 0 Å². The zero-order valence-corrected chi connectivity index (χ0v) is 10.2. The minimum atomic E-state index is 0.795. The molecule has 0 fully saturated rings. The molecule has 4 heteroatoms. The van der Waals surface area contributed by atoms with Crippen LogP contribution in [-0.4, -0.2) is 24.4 Å². The number of hydrogen-bond acceptors (Lipinski definition) is 4. The zero-order valence-electron chi connectivity index (χ0n) is 10.2. The van der Waals surface area contributed by atoms with E-state index in [0.717, 1.165) is 28.4 Å². The summed E-state index contributed by atoms with van der Waals surface area (Å²) >= 11 is 0. The number of ether oxygens (including phenoxy) is 1. The van der Waals surface area contributed by atoms with Crippen molar-refractivity contribution in [2.75, 3.05) is 19.5 Å². The van der Waals surface area contributed by atoms with Crippen molar-refractivity contribution in [3.8, 4) is 17.0 Å². The van der Waals surface area contributed by atoms with Gasteiger partial charge in [0, 0.05) is 12.6 Å². The maximum Gasteiger partial charge on any atom is 0.151 e. The monoisotopic (exact) mass is 229 g/mol. The summed E-state index contributed by atoms with van der Waals surface area (Å²) in [7, 11) is 3.49. The van der Waals surface area contributed by atoms with Crippen molar-refractivity contribution in [1.82, 2.24) is 10.2 Å². The number of nitrogens with zero attached hydrogens (tertiary/aromatic N) is 2. The number of rotatable bonds is 3. The van der Waals surface area contributed by atoms with E-state index >= 15 is 0 Å². The molecule has 0 radical (unpaired) electrons. The van der Waals surface area contributed by atoms with Crippen LogP contribution in [0, 0.1) is 6.92 Å². The van der Waals surface area contributed by atoms with Gasteiger partial charge in [-0.3, -0.25) is 0 Å². The summed E-state index contributed by atoms with van der Waals surface area (Å²) in [5.74, 6) is 1.60. The number of nitrogens with one attached hydrogen (secondary N) is 1. The normalized spacial score (nSPS) is 10.1. The zero-order chi connectivity index (χ0) is 12.3. The highest BCUT2D eigenvalue weighted by Gasteiger charge is 2.08. The Morgan fingerprint density at radius 1 is 1.18 bits per heavy atom. The molecule has 0 saturated heterocycles. The second kappa shape index (κ2) is 4.82. The SMILES string of the molecule is CNc1nnc(-c2ccccc2OC)cc1C. The molecule has 0 unspecified atom stereocenters. The Morgan fingerprint density at radius 3 is 2.59 bits per heavy atom. The van der Waals surface area contributed by atoms with Gasteiger partial charge in [-0.2, -0.15) is 0 Å². The molecule has 1 N–H and O–H groups in total. The standard InChI is InChI=1S/C13H15N3O/c1-9-8-11(15-16-13(9)14-2)10-6-4-5-7-12(10)17-3/h4-8H,1-3H3,(H,14,16). The van der Waals surface area contributed by atoms with Gasteiger partial charge < -0.3 is 10.1 Å². The van der Waals surface area contributed by atoms with Crippen molar-refractivity contribution < 1.29 is 4.74 Å². The molecule has 0 saturated carbocycles. The molecular formula is C13H15N3O. The first-order chi connectivity index (χ1) is 8.26. The van der Waals surface area contributed by atoms with E-state index in [1.165, 1.54) is 0 Å². The lowest BCUT2D eigenvalue weighted by Gasteiger charge is -2.09. The van der Waals surface area contributed by atoms with Gasteiger partial charge in [0.2, 0.25) is 0 Å². The van der Waals surface area contributed by atoms with Gasteiger partial charge in [-0.05, 0) is 30.7 Å². The van der Waals surface area contributed by atoms with E-state index in [4.69, 9.17) is 4.74 Å². The van der Waals surface area contributed by atoms with Crippen molar-refractivity contribution >= 4 is 5.82 Å². The molecular weight excluding hydrogens is 214 g/mol. The molecule has 1 heterocycles. The van der Waals surface area contributed by atoms with E-state index in [1.54, 1.807) is 7.11 Å². The van der Waals surface area contributed by atoms with Gasteiger partial charge in [-0.15, -0.1) is 10.2 Å². The maximum atomic E-state index is 5.31. The second-order valence-corrected chi connectivity index (χ2v) is 3.71. The molecule has 0 amide bonds. The van der Waals surface area contributed by atoms with Crippen LogP contribution in [0.1, 0.15) is 5.56 Å². The number of methoxy groups -OCH3 is 1. The van der Waals surface area contributed by atoms with Crippen LogP contribution < -0.4 is 10.1 Å². The summed E-state index contributed by atoms with van der Waals surface area (Å²) in [5, 5.41) is 11.3. The topological polar surface area (TPSA) is 47.0 Å².